The minimum absolute atomic E-state index is 0.146. The highest BCUT2D eigenvalue weighted by atomic mass is 35.7. The average molecular weight is 258 g/mol. The zero-order chi connectivity index (χ0) is 11.6. The maximum Gasteiger partial charge on any atom is 0.261 e. The van der Waals surface area contributed by atoms with Crippen molar-refractivity contribution in [3.05, 3.63) is 35.9 Å². The highest BCUT2D eigenvalue weighted by Gasteiger charge is 2.10. The Balaban J connectivity index is 2.29. The molecule has 5 heteroatoms. The number of hydrogen-bond acceptors (Lipinski definition) is 3. The summed E-state index contributed by atoms with van der Waals surface area (Å²) in [6.45, 7) is 1.83. The van der Waals surface area contributed by atoms with Gasteiger partial charge in [0, 0.05) is 17.2 Å². The summed E-state index contributed by atoms with van der Waals surface area (Å²) < 4.78 is 22.1. The second-order valence-electron chi connectivity index (χ2n) is 3.65. The standard InChI is InChI=1S/C11H12ClNO2S/c12-16(14,15)11-3-1-9(2-4-11)10-5-7-13-8-6-10/h1-5,13H,6-8H2. The molecule has 1 aliphatic heterocycles. The first-order chi connectivity index (χ1) is 7.57. The van der Waals surface area contributed by atoms with Gasteiger partial charge in [0.05, 0.1) is 4.90 Å². The molecule has 0 spiro atoms. The van der Waals surface area contributed by atoms with Crippen molar-refractivity contribution >= 4 is 25.3 Å². The Bertz CT molecular complexity index is 505. The van der Waals surface area contributed by atoms with Crippen molar-refractivity contribution in [1.82, 2.24) is 5.32 Å². The molecule has 1 heterocycles. The van der Waals surface area contributed by atoms with Gasteiger partial charge in [0.2, 0.25) is 0 Å². The van der Waals surface area contributed by atoms with Crippen LogP contribution >= 0.6 is 10.7 Å². The van der Waals surface area contributed by atoms with Crippen LogP contribution in [0.15, 0.2) is 35.2 Å². The van der Waals surface area contributed by atoms with Gasteiger partial charge in [-0.1, -0.05) is 18.2 Å². The lowest BCUT2D eigenvalue weighted by atomic mass is 10.0. The van der Waals surface area contributed by atoms with Crippen LogP contribution in [-0.4, -0.2) is 21.5 Å². The van der Waals surface area contributed by atoms with Crippen LogP contribution in [0, 0.1) is 0 Å². The number of nitrogens with one attached hydrogen (secondary N) is 1. The molecule has 0 atom stereocenters. The number of halogens is 1. The second-order valence-corrected chi connectivity index (χ2v) is 6.21. The number of hydrogen-bond donors (Lipinski definition) is 1. The molecular formula is C11H12ClNO2S. The molecule has 0 unspecified atom stereocenters. The van der Waals surface area contributed by atoms with E-state index in [1.165, 1.54) is 5.57 Å². The smallest absolute Gasteiger partial charge is 0.261 e. The van der Waals surface area contributed by atoms with Gasteiger partial charge < -0.3 is 5.32 Å². The third-order valence-corrected chi connectivity index (χ3v) is 3.94. The van der Waals surface area contributed by atoms with E-state index in [1.807, 2.05) is 0 Å². The molecule has 16 heavy (non-hydrogen) atoms. The van der Waals surface area contributed by atoms with E-state index in [2.05, 4.69) is 11.4 Å². The summed E-state index contributed by atoms with van der Waals surface area (Å²) in [4.78, 5) is 0.146. The maximum absolute atomic E-state index is 11.1. The minimum Gasteiger partial charge on any atom is -0.313 e. The fourth-order valence-corrected chi connectivity index (χ4v) is 2.49. The molecular weight excluding hydrogens is 246 g/mol. The molecule has 0 aromatic heterocycles. The Kier molecular flexibility index (Phi) is 3.33. The lowest BCUT2D eigenvalue weighted by Crippen LogP contribution is -2.19. The van der Waals surface area contributed by atoms with E-state index in [0.29, 0.717) is 0 Å². The van der Waals surface area contributed by atoms with E-state index in [1.54, 1.807) is 24.3 Å². The predicted octanol–water partition coefficient (Wildman–Crippen LogP) is 1.99. The summed E-state index contributed by atoms with van der Waals surface area (Å²) in [6, 6.07) is 6.68. The van der Waals surface area contributed by atoms with Gasteiger partial charge in [-0.05, 0) is 36.2 Å². The lowest BCUT2D eigenvalue weighted by Gasteiger charge is -2.14. The van der Waals surface area contributed by atoms with Gasteiger partial charge in [0.1, 0.15) is 0 Å². The van der Waals surface area contributed by atoms with Gasteiger partial charge in [0.25, 0.3) is 9.05 Å². The van der Waals surface area contributed by atoms with E-state index < -0.39 is 9.05 Å². The van der Waals surface area contributed by atoms with Crippen molar-refractivity contribution in [3.8, 4) is 0 Å². The zero-order valence-corrected chi connectivity index (χ0v) is 10.2. The number of rotatable bonds is 2. The summed E-state index contributed by atoms with van der Waals surface area (Å²) >= 11 is 0. The Morgan fingerprint density at radius 2 is 1.88 bits per heavy atom. The van der Waals surface area contributed by atoms with Crippen molar-refractivity contribution in [2.24, 2.45) is 0 Å². The maximum atomic E-state index is 11.1. The first kappa shape index (κ1) is 11.6. The largest absolute Gasteiger partial charge is 0.313 e. The average Bonchev–Trinajstić information content (AvgIpc) is 2.29. The Labute approximate surface area is 99.5 Å². The van der Waals surface area contributed by atoms with Crippen LogP contribution in [0.3, 0.4) is 0 Å². The molecule has 0 saturated carbocycles. The van der Waals surface area contributed by atoms with E-state index in [4.69, 9.17) is 10.7 Å². The fraction of sp³-hybridized carbons (Fsp3) is 0.273. The molecule has 86 valence electrons. The van der Waals surface area contributed by atoms with Crippen LogP contribution in [0.5, 0.6) is 0 Å². The van der Waals surface area contributed by atoms with Gasteiger partial charge in [-0.2, -0.15) is 0 Å². The highest BCUT2D eigenvalue weighted by molar-refractivity contribution is 8.13. The number of benzene rings is 1. The zero-order valence-electron chi connectivity index (χ0n) is 8.61. The quantitative estimate of drug-likeness (QED) is 0.825. The topological polar surface area (TPSA) is 46.2 Å². The predicted molar refractivity (Wildman–Crippen MR) is 64.9 cm³/mol. The molecule has 2 rings (SSSR count). The van der Waals surface area contributed by atoms with Gasteiger partial charge >= 0.3 is 0 Å². The van der Waals surface area contributed by atoms with Crippen LogP contribution in [0.25, 0.3) is 5.57 Å². The van der Waals surface area contributed by atoms with Crippen molar-refractivity contribution in [3.63, 3.8) is 0 Å². The van der Waals surface area contributed by atoms with E-state index in [0.717, 1.165) is 25.1 Å². The summed E-state index contributed by atoms with van der Waals surface area (Å²) in [7, 11) is 1.63. The Morgan fingerprint density at radius 1 is 1.19 bits per heavy atom. The van der Waals surface area contributed by atoms with Crippen LogP contribution < -0.4 is 5.32 Å². The monoisotopic (exact) mass is 257 g/mol. The van der Waals surface area contributed by atoms with Crippen LogP contribution in [0.1, 0.15) is 12.0 Å². The lowest BCUT2D eigenvalue weighted by molar-refractivity contribution is 0.609. The third kappa shape index (κ3) is 2.64. The van der Waals surface area contributed by atoms with Crippen LogP contribution in [0.4, 0.5) is 0 Å². The molecule has 3 nitrogen and oxygen atoms in total. The van der Waals surface area contributed by atoms with Crippen molar-refractivity contribution in [2.45, 2.75) is 11.3 Å². The molecule has 1 aromatic rings. The van der Waals surface area contributed by atoms with Gasteiger partial charge in [-0.15, -0.1) is 0 Å². The van der Waals surface area contributed by atoms with E-state index in [-0.39, 0.29) is 4.90 Å². The van der Waals surface area contributed by atoms with Crippen LogP contribution in [0.2, 0.25) is 0 Å². The Hall–Kier alpha value is -0.840. The van der Waals surface area contributed by atoms with Crippen molar-refractivity contribution in [1.29, 1.82) is 0 Å². The summed E-state index contributed by atoms with van der Waals surface area (Å²) in [5.74, 6) is 0. The Morgan fingerprint density at radius 3 is 2.38 bits per heavy atom. The third-order valence-electron chi connectivity index (χ3n) is 2.57. The van der Waals surface area contributed by atoms with E-state index in [9.17, 15) is 8.42 Å². The molecule has 1 aliphatic rings. The minimum atomic E-state index is -3.61. The van der Waals surface area contributed by atoms with Crippen molar-refractivity contribution in [2.75, 3.05) is 13.1 Å². The summed E-state index contributed by atoms with van der Waals surface area (Å²) in [5.41, 5.74) is 2.31. The molecule has 1 aromatic carbocycles. The second kappa shape index (κ2) is 4.57. The molecule has 0 bridgehead atoms. The molecule has 0 amide bonds. The summed E-state index contributed by atoms with van der Waals surface area (Å²) in [6.07, 6.45) is 3.08. The first-order valence-corrected chi connectivity index (χ1v) is 7.33. The van der Waals surface area contributed by atoms with Gasteiger partial charge in [-0.25, -0.2) is 8.42 Å². The van der Waals surface area contributed by atoms with Gasteiger partial charge in [-0.3, -0.25) is 0 Å². The fourth-order valence-electron chi connectivity index (χ4n) is 1.72. The molecule has 0 aliphatic carbocycles. The summed E-state index contributed by atoms with van der Waals surface area (Å²) in [5, 5.41) is 3.23. The van der Waals surface area contributed by atoms with Crippen LogP contribution in [-0.2, 0) is 9.05 Å². The normalized spacial score (nSPS) is 16.9. The van der Waals surface area contributed by atoms with Crippen molar-refractivity contribution < 1.29 is 8.42 Å². The van der Waals surface area contributed by atoms with Gasteiger partial charge in [0.15, 0.2) is 0 Å². The first-order valence-electron chi connectivity index (χ1n) is 5.02. The van der Waals surface area contributed by atoms with E-state index >= 15 is 0 Å². The molecule has 0 radical (unpaired) electrons. The molecule has 0 fully saturated rings. The molecule has 1 N–H and O–H groups in total. The SMILES string of the molecule is O=S(=O)(Cl)c1ccc(C2=CCNCC2)cc1. The highest BCUT2D eigenvalue weighted by Crippen LogP contribution is 2.22. The molecule has 0 saturated heterocycles.